The number of nitrogens with two attached hydrogens (primary N) is 2. The fourth-order valence-electron chi connectivity index (χ4n) is 4.78. The summed E-state index contributed by atoms with van der Waals surface area (Å²) in [6.45, 7) is 0. The molecule has 10 N–H and O–H groups in total. The molecular weight excluding hydrogens is 574 g/mol. The molecule has 0 aliphatic carbocycles. The number of rotatable bonds is 14. The van der Waals surface area contributed by atoms with Gasteiger partial charge in [-0.1, -0.05) is 36.4 Å². The summed E-state index contributed by atoms with van der Waals surface area (Å²) in [6, 6.07) is 9.87. The largest absolute Gasteiger partial charge is 0.480 e. The van der Waals surface area contributed by atoms with Crippen LogP contribution in [-0.2, 0) is 36.8 Å². The molecule has 0 fully saturated rings. The van der Waals surface area contributed by atoms with E-state index in [0.29, 0.717) is 5.56 Å². The minimum Gasteiger partial charge on any atom is -0.480 e. The predicted octanol–water partition coefficient (Wildman–Crippen LogP) is 0.106. The van der Waals surface area contributed by atoms with Gasteiger partial charge in [-0.15, -0.1) is 0 Å². The highest BCUT2D eigenvalue weighted by atomic mass is 32.1. The normalized spacial score (nSPS) is 14.0. The second-order valence-electron chi connectivity index (χ2n) is 10.1. The maximum Gasteiger partial charge on any atom is 0.326 e. The minimum atomic E-state index is -1.60. The second kappa shape index (κ2) is 13.9. The maximum absolute atomic E-state index is 13.3. The molecule has 2 aromatic carbocycles. The van der Waals surface area contributed by atoms with Crippen molar-refractivity contribution in [1.82, 2.24) is 25.9 Å². The Hall–Kier alpha value is -4.82. The number of carbonyl (C=O) groups excluding carboxylic acids is 4. The third-order valence-corrected chi connectivity index (χ3v) is 7.38. The summed E-state index contributed by atoms with van der Waals surface area (Å²) in [5.41, 5.74) is 14.5. The lowest BCUT2D eigenvalue weighted by molar-refractivity contribution is -0.143. The van der Waals surface area contributed by atoms with E-state index in [-0.39, 0.29) is 18.6 Å². The van der Waals surface area contributed by atoms with E-state index in [1.165, 1.54) is 0 Å². The Morgan fingerprint density at radius 1 is 0.744 bits per heavy atom. The quantitative estimate of drug-likeness (QED) is 0.0898. The SMILES string of the molecule is NC(=O)CC(NC(=O)C(Cc1c[nH]c2ccccc12)NC(=O)C(CS)NC(=O)C(N)Cc1c[nH]c2ccccc12)C(=O)O. The van der Waals surface area contributed by atoms with Crippen LogP contribution in [0.2, 0.25) is 0 Å². The molecule has 0 aliphatic rings. The van der Waals surface area contributed by atoms with Gasteiger partial charge >= 0.3 is 5.97 Å². The van der Waals surface area contributed by atoms with Crippen molar-refractivity contribution in [2.45, 2.75) is 43.4 Å². The fourth-order valence-corrected chi connectivity index (χ4v) is 5.04. The first-order chi connectivity index (χ1) is 20.6. The first-order valence-electron chi connectivity index (χ1n) is 13.5. The summed E-state index contributed by atoms with van der Waals surface area (Å²) in [5.74, 6) is -4.68. The van der Waals surface area contributed by atoms with Crippen LogP contribution in [-0.4, -0.2) is 74.6 Å². The molecule has 0 saturated carbocycles. The van der Waals surface area contributed by atoms with Crippen molar-refractivity contribution in [1.29, 1.82) is 0 Å². The Bertz CT molecular complexity index is 1650. The maximum atomic E-state index is 13.3. The molecule has 2 heterocycles. The molecule has 4 amide bonds. The Labute approximate surface area is 251 Å². The molecule has 4 rings (SSSR count). The van der Waals surface area contributed by atoms with Gasteiger partial charge in [0.1, 0.15) is 18.1 Å². The molecule has 2 aromatic heterocycles. The van der Waals surface area contributed by atoms with E-state index in [4.69, 9.17) is 11.5 Å². The summed E-state index contributed by atoms with van der Waals surface area (Å²) in [7, 11) is 0. The molecule has 4 atom stereocenters. The Morgan fingerprint density at radius 3 is 1.77 bits per heavy atom. The number of hydrogen-bond donors (Lipinski definition) is 9. The molecule has 0 bridgehead atoms. The van der Waals surface area contributed by atoms with Crippen LogP contribution in [0.4, 0.5) is 0 Å². The highest BCUT2D eigenvalue weighted by Crippen LogP contribution is 2.20. The number of carboxylic acid groups (broad SMARTS) is 1. The minimum absolute atomic E-state index is 0.0299. The Balaban J connectivity index is 1.48. The summed E-state index contributed by atoms with van der Waals surface area (Å²) in [6.07, 6.45) is 2.99. The van der Waals surface area contributed by atoms with E-state index in [1.54, 1.807) is 12.4 Å². The Morgan fingerprint density at radius 2 is 1.23 bits per heavy atom. The number of carboxylic acids is 1. The summed E-state index contributed by atoms with van der Waals surface area (Å²) >= 11 is 4.21. The second-order valence-corrected chi connectivity index (χ2v) is 10.5. The average molecular weight is 608 g/mol. The number of H-pyrrole nitrogens is 2. The average Bonchev–Trinajstić information content (AvgIpc) is 3.58. The molecule has 0 spiro atoms. The lowest BCUT2D eigenvalue weighted by Gasteiger charge is -2.24. The van der Waals surface area contributed by atoms with Gasteiger partial charge in [-0.3, -0.25) is 19.2 Å². The number of aromatic nitrogens is 2. The van der Waals surface area contributed by atoms with Crippen molar-refractivity contribution in [3.8, 4) is 0 Å². The number of aromatic amines is 2. The number of fused-ring (bicyclic) bond motifs is 2. The molecule has 226 valence electrons. The van der Waals surface area contributed by atoms with E-state index in [2.05, 4.69) is 38.5 Å². The van der Waals surface area contributed by atoms with Crippen LogP contribution in [0.3, 0.4) is 0 Å². The van der Waals surface area contributed by atoms with E-state index in [9.17, 15) is 29.1 Å². The number of aliphatic carboxylic acids is 1. The van der Waals surface area contributed by atoms with Crippen LogP contribution in [0.25, 0.3) is 21.8 Å². The number of primary amides is 1. The van der Waals surface area contributed by atoms with Crippen LogP contribution >= 0.6 is 12.6 Å². The molecule has 0 saturated heterocycles. The summed E-state index contributed by atoms with van der Waals surface area (Å²) < 4.78 is 0. The van der Waals surface area contributed by atoms with Crippen molar-refractivity contribution in [2.75, 3.05) is 5.75 Å². The number of thiol groups is 1. The molecule has 14 heteroatoms. The van der Waals surface area contributed by atoms with Gasteiger partial charge in [0.05, 0.1) is 12.5 Å². The number of nitrogens with one attached hydrogen (secondary N) is 5. The first-order valence-corrected chi connectivity index (χ1v) is 14.1. The molecule has 13 nitrogen and oxygen atoms in total. The fraction of sp³-hybridized carbons (Fsp3) is 0.276. The van der Waals surface area contributed by atoms with Gasteiger partial charge in [0, 0.05) is 46.4 Å². The number of hydrogen-bond acceptors (Lipinski definition) is 7. The zero-order chi connectivity index (χ0) is 31.1. The van der Waals surface area contributed by atoms with Gasteiger partial charge in [-0.25, -0.2) is 4.79 Å². The van der Waals surface area contributed by atoms with Crippen LogP contribution in [0.15, 0.2) is 60.9 Å². The van der Waals surface area contributed by atoms with Crippen molar-refractivity contribution >= 4 is 64.0 Å². The van der Waals surface area contributed by atoms with E-state index in [1.807, 2.05) is 48.5 Å². The summed E-state index contributed by atoms with van der Waals surface area (Å²) in [4.78, 5) is 68.8. The topological polar surface area (TPSA) is 225 Å². The van der Waals surface area contributed by atoms with Gasteiger partial charge in [0.25, 0.3) is 0 Å². The Kier molecular flexibility index (Phi) is 10.1. The highest BCUT2D eigenvalue weighted by Gasteiger charge is 2.31. The number of benzene rings is 2. The number of amides is 4. The van der Waals surface area contributed by atoms with Gasteiger partial charge < -0.3 is 42.5 Å². The van der Waals surface area contributed by atoms with Crippen molar-refractivity contribution in [2.24, 2.45) is 11.5 Å². The van der Waals surface area contributed by atoms with Crippen molar-refractivity contribution < 1.29 is 29.1 Å². The van der Waals surface area contributed by atoms with Crippen molar-refractivity contribution in [3.63, 3.8) is 0 Å². The first kappa shape index (κ1) is 31.1. The van der Waals surface area contributed by atoms with Crippen LogP contribution in [0.5, 0.6) is 0 Å². The third-order valence-electron chi connectivity index (χ3n) is 7.02. The predicted molar refractivity (Wildman–Crippen MR) is 163 cm³/mol. The van der Waals surface area contributed by atoms with Crippen molar-refractivity contribution in [3.05, 3.63) is 72.1 Å². The zero-order valence-electron chi connectivity index (χ0n) is 23.0. The standard InChI is InChI=1S/C29H33N7O6S/c30-19(9-15-12-32-20-7-3-1-5-17(15)20)26(38)36-24(14-43)28(40)34-22(27(39)35-23(29(41)42)11-25(31)37)10-16-13-33-21-8-4-2-6-18(16)21/h1-8,12-13,19,22-24,32-33,43H,9-11,14,30H2,(H2,31,37)(H,34,40)(H,35,39)(H,36,38)(H,41,42). The third kappa shape index (κ3) is 7.72. The monoisotopic (exact) mass is 607 g/mol. The smallest absolute Gasteiger partial charge is 0.326 e. The van der Waals surface area contributed by atoms with Gasteiger partial charge in [0.15, 0.2) is 0 Å². The molecule has 0 radical (unpaired) electrons. The lowest BCUT2D eigenvalue weighted by Crippen LogP contribution is -2.58. The lowest BCUT2D eigenvalue weighted by atomic mass is 10.0. The van der Waals surface area contributed by atoms with Gasteiger partial charge in [-0.05, 0) is 29.7 Å². The molecule has 4 unspecified atom stereocenters. The van der Waals surface area contributed by atoms with Crippen LogP contribution < -0.4 is 27.4 Å². The van der Waals surface area contributed by atoms with Gasteiger partial charge in [0.2, 0.25) is 23.6 Å². The van der Waals surface area contributed by atoms with Crippen LogP contribution in [0, 0.1) is 0 Å². The summed E-state index contributed by atoms with van der Waals surface area (Å²) in [5, 5.41) is 18.7. The van der Waals surface area contributed by atoms with Crippen LogP contribution in [0.1, 0.15) is 17.5 Å². The molecular formula is C29H33N7O6S. The van der Waals surface area contributed by atoms with E-state index >= 15 is 0 Å². The van der Waals surface area contributed by atoms with E-state index < -0.39 is 60.2 Å². The van der Waals surface area contributed by atoms with E-state index in [0.717, 1.165) is 27.4 Å². The molecule has 43 heavy (non-hydrogen) atoms. The highest BCUT2D eigenvalue weighted by molar-refractivity contribution is 7.80. The number of para-hydroxylation sites is 2. The number of carbonyl (C=O) groups is 5. The zero-order valence-corrected chi connectivity index (χ0v) is 23.9. The molecule has 0 aliphatic heterocycles. The molecule has 4 aromatic rings. The van der Waals surface area contributed by atoms with Gasteiger partial charge in [-0.2, -0.15) is 12.6 Å².